The molecular weight excluding hydrogens is 136 g/mol. The molecule has 0 radical (unpaired) electrons. The second-order valence-corrected chi connectivity index (χ2v) is 4.10. The van der Waals surface area contributed by atoms with Crippen molar-refractivity contribution in [2.75, 3.05) is 0 Å². The van der Waals surface area contributed by atoms with Gasteiger partial charge in [0.25, 0.3) is 0 Å². The van der Waals surface area contributed by atoms with E-state index in [9.17, 15) is 4.79 Å². The third-order valence-corrected chi connectivity index (χ3v) is 2.59. The highest BCUT2D eigenvalue weighted by Gasteiger charge is 2.29. The lowest BCUT2D eigenvalue weighted by atomic mass is 9.80. The molecule has 0 aromatic carbocycles. The van der Waals surface area contributed by atoms with Gasteiger partial charge in [0.1, 0.15) is 6.29 Å². The maximum atomic E-state index is 10.7. The summed E-state index contributed by atoms with van der Waals surface area (Å²) in [4.78, 5) is 10.7. The number of rotatable bonds is 2. The predicted octanol–water partition coefficient (Wildman–Crippen LogP) is 2.57. The summed E-state index contributed by atoms with van der Waals surface area (Å²) in [6, 6.07) is 0. The number of carbonyl (C=O) groups is 1. The van der Waals surface area contributed by atoms with Crippen molar-refractivity contribution in [3.8, 4) is 0 Å². The van der Waals surface area contributed by atoms with E-state index < -0.39 is 0 Å². The number of hydrogen-bond acceptors (Lipinski definition) is 1. The van der Waals surface area contributed by atoms with Gasteiger partial charge in [-0.15, -0.1) is 0 Å². The summed E-state index contributed by atoms with van der Waals surface area (Å²) in [5.74, 6) is 0.472. The highest BCUT2D eigenvalue weighted by Crippen LogP contribution is 2.36. The van der Waals surface area contributed by atoms with E-state index in [2.05, 4.69) is 13.0 Å². The van der Waals surface area contributed by atoms with Gasteiger partial charge in [-0.2, -0.15) is 0 Å². The molecule has 0 saturated carbocycles. The Hall–Kier alpha value is -0.590. The van der Waals surface area contributed by atoms with Gasteiger partial charge < -0.3 is 4.79 Å². The van der Waals surface area contributed by atoms with Gasteiger partial charge in [0.05, 0.1) is 0 Å². The molecule has 0 heterocycles. The lowest BCUT2D eigenvalue weighted by molar-refractivity contribution is -0.116. The average Bonchev–Trinajstić information content (AvgIpc) is 2.36. The third-order valence-electron chi connectivity index (χ3n) is 2.59. The monoisotopic (exact) mass is 152 g/mol. The van der Waals surface area contributed by atoms with E-state index in [-0.39, 0.29) is 5.41 Å². The Balaban J connectivity index is 2.70. The summed E-state index contributed by atoms with van der Waals surface area (Å²) in [6.45, 7) is 6.17. The van der Waals surface area contributed by atoms with Crippen LogP contribution in [0.3, 0.4) is 0 Å². The molecule has 0 amide bonds. The first-order chi connectivity index (χ1) is 5.06. The third kappa shape index (κ3) is 1.70. The standard InChI is InChI=1S/C10H16O/c1-8-4-5-9(6-8)10(2,3)7-11/h6-7,9H,4-5H2,1-3H3/t9-/m0/s1. The van der Waals surface area contributed by atoms with Crippen LogP contribution in [0.15, 0.2) is 11.6 Å². The van der Waals surface area contributed by atoms with Gasteiger partial charge in [0.15, 0.2) is 0 Å². The first-order valence-corrected chi connectivity index (χ1v) is 4.20. The van der Waals surface area contributed by atoms with E-state index in [4.69, 9.17) is 0 Å². The predicted molar refractivity (Wildman–Crippen MR) is 46.3 cm³/mol. The molecule has 0 saturated heterocycles. The maximum absolute atomic E-state index is 10.7. The Morgan fingerprint density at radius 3 is 2.64 bits per heavy atom. The molecule has 1 aliphatic carbocycles. The molecule has 0 bridgehead atoms. The fourth-order valence-corrected chi connectivity index (χ4v) is 1.57. The number of aldehydes is 1. The van der Waals surface area contributed by atoms with Crippen molar-refractivity contribution >= 4 is 6.29 Å². The highest BCUT2D eigenvalue weighted by atomic mass is 16.1. The van der Waals surface area contributed by atoms with Crippen LogP contribution in [0.1, 0.15) is 33.6 Å². The van der Waals surface area contributed by atoms with Crippen molar-refractivity contribution in [1.29, 1.82) is 0 Å². The summed E-state index contributed by atoms with van der Waals surface area (Å²) in [7, 11) is 0. The van der Waals surface area contributed by atoms with Crippen molar-refractivity contribution in [1.82, 2.24) is 0 Å². The van der Waals surface area contributed by atoms with E-state index in [1.165, 1.54) is 12.0 Å². The normalized spacial score (nSPS) is 25.0. The van der Waals surface area contributed by atoms with Crippen LogP contribution in [0.2, 0.25) is 0 Å². The summed E-state index contributed by atoms with van der Waals surface area (Å²) in [5, 5.41) is 0. The molecule has 0 fully saturated rings. The van der Waals surface area contributed by atoms with E-state index in [1.807, 2.05) is 13.8 Å². The Bertz CT molecular complexity index is 189. The molecule has 1 rings (SSSR count). The van der Waals surface area contributed by atoms with Crippen LogP contribution >= 0.6 is 0 Å². The second kappa shape index (κ2) is 2.80. The molecule has 1 heteroatoms. The number of carbonyl (C=O) groups excluding carboxylic acids is 1. The smallest absolute Gasteiger partial charge is 0.126 e. The summed E-state index contributed by atoms with van der Waals surface area (Å²) in [5.41, 5.74) is 1.28. The van der Waals surface area contributed by atoms with Gasteiger partial charge in [-0.05, 0) is 25.7 Å². The van der Waals surface area contributed by atoms with Crippen LogP contribution in [-0.2, 0) is 4.79 Å². The van der Waals surface area contributed by atoms with Crippen LogP contribution in [0.25, 0.3) is 0 Å². The van der Waals surface area contributed by atoms with Crippen LogP contribution in [0.4, 0.5) is 0 Å². The molecule has 0 aliphatic heterocycles. The van der Waals surface area contributed by atoms with Crippen molar-refractivity contribution in [3.63, 3.8) is 0 Å². The molecule has 62 valence electrons. The van der Waals surface area contributed by atoms with Gasteiger partial charge in [-0.25, -0.2) is 0 Å². The lowest BCUT2D eigenvalue weighted by Gasteiger charge is -2.23. The van der Waals surface area contributed by atoms with Crippen LogP contribution in [0, 0.1) is 11.3 Å². The van der Waals surface area contributed by atoms with Crippen molar-refractivity contribution in [2.24, 2.45) is 11.3 Å². The van der Waals surface area contributed by atoms with Crippen molar-refractivity contribution in [2.45, 2.75) is 33.6 Å². The van der Waals surface area contributed by atoms with Crippen molar-refractivity contribution in [3.05, 3.63) is 11.6 Å². The quantitative estimate of drug-likeness (QED) is 0.439. The van der Waals surface area contributed by atoms with Gasteiger partial charge in [0, 0.05) is 5.41 Å². The molecule has 1 atom stereocenters. The Labute approximate surface area is 68.5 Å². The zero-order valence-electron chi connectivity index (χ0n) is 7.55. The summed E-state index contributed by atoms with van der Waals surface area (Å²) >= 11 is 0. The van der Waals surface area contributed by atoms with Gasteiger partial charge in [-0.1, -0.05) is 25.5 Å². The van der Waals surface area contributed by atoms with E-state index in [0.29, 0.717) is 5.92 Å². The van der Waals surface area contributed by atoms with Gasteiger partial charge >= 0.3 is 0 Å². The molecule has 0 N–H and O–H groups in total. The molecule has 11 heavy (non-hydrogen) atoms. The summed E-state index contributed by atoms with van der Waals surface area (Å²) < 4.78 is 0. The molecular formula is C10H16O. The summed E-state index contributed by atoms with van der Waals surface area (Å²) in [6.07, 6.45) is 5.64. The lowest BCUT2D eigenvalue weighted by Crippen LogP contribution is -2.22. The number of hydrogen-bond donors (Lipinski definition) is 0. The van der Waals surface area contributed by atoms with E-state index in [1.54, 1.807) is 0 Å². The van der Waals surface area contributed by atoms with Crippen LogP contribution in [-0.4, -0.2) is 6.29 Å². The zero-order chi connectivity index (χ0) is 8.48. The van der Waals surface area contributed by atoms with E-state index in [0.717, 1.165) is 12.7 Å². The molecule has 1 nitrogen and oxygen atoms in total. The van der Waals surface area contributed by atoms with E-state index >= 15 is 0 Å². The number of allylic oxidation sites excluding steroid dienone is 2. The van der Waals surface area contributed by atoms with Gasteiger partial charge in [0.2, 0.25) is 0 Å². The molecule has 0 unspecified atom stereocenters. The minimum absolute atomic E-state index is 0.155. The maximum Gasteiger partial charge on any atom is 0.126 e. The first kappa shape index (κ1) is 8.51. The Morgan fingerprint density at radius 1 is 1.64 bits per heavy atom. The molecule has 0 aromatic rings. The average molecular weight is 152 g/mol. The van der Waals surface area contributed by atoms with Gasteiger partial charge in [-0.3, -0.25) is 0 Å². The fraction of sp³-hybridized carbons (Fsp3) is 0.700. The largest absolute Gasteiger partial charge is 0.303 e. The minimum atomic E-state index is -0.155. The molecule has 0 spiro atoms. The Kier molecular flexibility index (Phi) is 2.17. The van der Waals surface area contributed by atoms with Crippen LogP contribution < -0.4 is 0 Å². The van der Waals surface area contributed by atoms with Crippen LogP contribution in [0.5, 0.6) is 0 Å². The first-order valence-electron chi connectivity index (χ1n) is 4.20. The van der Waals surface area contributed by atoms with Crippen molar-refractivity contribution < 1.29 is 4.79 Å². The molecule has 1 aliphatic rings. The minimum Gasteiger partial charge on any atom is -0.303 e. The highest BCUT2D eigenvalue weighted by molar-refractivity contribution is 5.59. The second-order valence-electron chi connectivity index (χ2n) is 4.10. The SMILES string of the molecule is CC1=C[C@@H](C(C)(C)C=O)CC1. The zero-order valence-corrected chi connectivity index (χ0v) is 7.55. The molecule has 0 aromatic heterocycles. The Morgan fingerprint density at radius 2 is 2.27 bits per heavy atom. The fourth-order valence-electron chi connectivity index (χ4n) is 1.57. The topological polar surface area (TPSA) is 17.1 Å².